The molecule has 1 rings (SSSR count). The van der Waals surface area contributed by atoms with Gasteiger partial charge in [0.2, 0.25) is 0 Å². The topological polar surface area (TPSA) is 35.2 Å². The lowest BCUT2D eigenvalue weighted by atomic mass is 10.1. The molecule has 1 aromatic carbocycles. The summed E-state index contributed by atoms with van der Waals surface area (Å²) in [5.41, 5.74) is 6.85. The zero-order valence-corrected chi connectivity index (χ0v) is 9.70. The molecule has 0 heterocycles. The second kappa shape index (κ2) is 6.46. The van der Waals surface area contributed by atoms with Crippen LogP contribution in [0, 0.1) is 0 Å². The molecule has 0 bridgehead atoms. The maximum Gasteiger partial charge on any atom is 0.119 e. The van der Waals surface area contributed by atoms with Gasteiger partial charge in [0, 0.05) is 0 Å². The van der Waals surface area contributed by atoms with Crippen molar-refractivity contribution in [1.29, 1.82) is 0 Å². The van der Waals surface area contributed by atoms with Gasteiger partial charge in [-0.25, -0.2) is 0 Å². The van der Waals surface area contributed by atoms with Gasteiger partial charge in [-0.2, -0.15) is 0 Å². The Morgan fingerprint density at radius 1 is 1.33 bits per heavy atom. The second-order valence-electron chi connectivity index (χ2n) is 3.73. The predicted octanol–water partition coefficient (Wildman–Crippen LogP) is 2.76. The van der Waals surface area contributed by atoms with Crippen LogP contribution in [0.15, 0.2) is 24.3 Å². The number of nitrogens with two attached hydrogens (primary N) is 1. The van der Waals surface area contributed by atoms with Crippen LogP contribution >= 0.6 is 0 Å². The molecule has 0 fully saturated rings. The van der Waals surface area contributed by atoms with E-state index in [9.17, 15) is 0 Å². The standard InChI is InChI=1S/C13H21NO/c1-3-11-6-5-7-13(10-11)15-12(4-2)8-9-14/h5-7,10,12H,3-4,8-9,14H2,1-2H3. The van der Waals surface area contributed by atoms with Crippen LogP contribution in [-0.2, 0) is 6.42 Å². The highest BCUT2D eigenvalue weighted by Crippen LogP contribution is 2.17. The molecular weight excluding hydrogens is 186 g/mol. The van der Waals surface area contributed by atoms with Crippen LogP contribution in [0.4, 0.5) is 0 Å². The van der Waals surface area contributed by atoms with Gasteiger partial charge in [0.15, 0.2) is 0 Å². The molecule has 0 spiro atoms. The van der Waals surface area contributed by atoms with Crippen molar-refractivity contribution in [2.45, 2.75) is 39.2 Å². The van der Waals surface area contributed by atoms with Crippen LogP contribution in [0.1, 0.15) is 32.3 Å². The third-order valence-electron chi connectivity index (χ3n) is 2.55. The molecule has 0 aromatic heterocycles. The van der Waals surface area contributed by atoms with E-state index < -0.39 is 0 Å². The van der Waals surface area contributed by atoms with Crippen LogP contribution in [0.3, 0.4) is 0 Å². The molecule has 0 aliphatic carbocycles. The van der Waals surface area contributed by atoms with E-state index in [1.807, 2.05) is 12.1 Å². The third kappa shape index (κ3) is 3.92. The summed E-state index contributed by atoms with van der Waals surface area (Å²) < 4.78 is 5.87. The van der Waals surface area contributed by atoms with Crippen molar-refractivity contribution < 1.29 is 4.74 Å². The minimum atomic E-state index is 0.252. The van der Waals surface area contributed by atoms with Crippen molar-refractivity contribution in [3.63, 3.8) is 0 Å². The zero-order valence-electron chi connectivity index (χ0n) is 9.70. The van der Waals surface area contributed by atoms with Crippen LogP contribution < -0.4 is 10.5 Å². The maximum atomic E-state index is 5.87. The number of hydrogen-bond acceptors (Lipinski definition) is 2. The molecule has 2 heteroatoms. The molecule has 0 aliphatic rings. The Labute approximate surface area is 92.4 Å². The van der Waals surface area contributed by atoms with Crippen molar-refractivity contribution in [2.75, 3.05) is 6.54 Å². The molecule has 0 amide bonds. The molecule has 2 nitrogen and oxygen atoms in total. The molecule has 0 radical (unpaired) electrons. The predicted molar refractivity (Wildman–Crippen MR) is 64.2 cm³/mol. The first-order valence-corrected chi connectivity index (χ1v) is 5.75. The highest BCUT2D eigenvalue weighted by atomic mass is 16.5. The Balaban J connectivity index is 2.61. The largest absolute Gasteiger partial charge is 0.490 e. The summed E-state index contributed by atoms with van der Waals surface area (Å²) in [5.74, 6) is 0.967. The van der Waals surface area contributed by atoms with Crippen molar-refractivity contribution in [1.82, 2.24) is 0 Å². The van der Waals surface area contributed by atoms with E-state index in [1.165, 1.54) is 5.56 Å². The average Bonchev–Trinajstić information content (AvgIpc) is 2.29. The highest BCUT2D eigenvalue weighted by molar-refractivity contribution is 5.28. The number of aryl methyl sites for hydroxylation is 1. The fourth-order valence-corrected chi connectivity index (χ4v) is 1.56. The monoisotopic (exact) mass is 207 g/mol. The van der Waals surface area contributed by atoms with Crippen LogP contribution in [0.2, 0.25) is 0 Å². The molecule has 2 N–H and O–H groups in total. The Hall–Kier alpha value is -1.02. The van der Waals surface area contributed by atoms with E-state index >= 15 is 0 Å². The minimum absolute atomic E-state index is 0.252. The van der Waals surface area contributed by atoms with Gasteiger partial charge in [-0.05, 0) is 43.5 Å². The molecule has 1 unspecified atom stereocenters. The molecular formula is C13H21NO. The van der Waals surface area contributed by atoms with Crippen LogP contribution in [0.5, 0.6) is 5.75 Å². The normalized spacial score (nSPS) is 12.5. The summed E-state index contributed by atoms with van der Waals surface area (Å²) in [6.45, 7) is 4.96. The lowest BCUT2D eigenvalue weighted by Gasteiger charge is -2.17. The Morgan fingerprint density at radius 2 is 2.13 bits per heavy atom. The number of ether oxygens (including phenoxy) is 1. The van der Waals surface area contributed by atoms with Crippen LogP contribution in [0.25, 0.3) is 0 Å². The maximum absolute atomic E-state index is 5.87. The van der Waals surface area contributed by atoms with Gasteiger partial charge >= 0.3 is 0 Å². The SMILES string of the molecule is CCc1cccc(OC(CC)CCN)c1. The fourth-order valence-electron chi connectivity index (χ4n) is 1.56. The number of rotatable bonds is 6. The second-order valence-corrected chi connectivity index (χ2v) is 3.73. The highest BCUT2D eigenvalue weighted by Gasteiger charge is 2.06. The minimum Gasteiger partial charge on any atom is -0.490 e. The summed E-state index contributed by atoms with van der Waals surface area (Å²) in [4.78, 5) is 0. The van der Waals surface area contributed by atoms with E-state index in [1.54, 1.807) is 0 Å². The smallest absolute Gasteiger partial charge is 0.119 e. The summed E-state index contributed by atoms with van der Waals surface area (Å²) in [6.07, 6.45) is 3.23. The van der Waals surface area contributed by atoms with E-state index in [4.69, 9.17) is 10.5 Å². The van der Waals surface area contributed by atoms with E-state index in [0.717, 1.165) is 25.0 Å². The van der Waals surface area contributed by atoms with Crippen molar-refractivity contribution in [3.05, 3.63) is 29.8 Å². The molecule has 0 saturated heterocycles. The van der Waals surface area contributed by atoms with Gasteiger partial charge < -0.3 is 10.5 Å². The van der Waals surface area contributed by atoms with Crippen molar-refractivity contribution >= 4 is 0 Å². The quantitative estimate of drug-likeness (QED) is 0.778. The Morgan fingerprint density at radius 3 is 2.73 bits per heavy atom. The first-order chi connectivity index (χ1) is 7.30. The molecule has 0 saturated carbocycles. The van der Waals surface area contributed by atoms with Gasteiger partial charge in [-0.3, -0.25) is 0 Å². The first-order valence-electron chi connectivity index (χ1n) is 5.75. The zero-order chi connectivity index (χ0) is 11.1. The Bertz CT molecular complexity index is 286. The van der Waals surface area contributed by atoms with Gasteiger partial charge in [-0.15, -0.1) is 0 Å². The van der Waals surface area contributed by atoms with Gasteiger partial charge in [-0.1, -0.05) is 26.0 Å². The van der Waals surface area contributed by atoms with E-state index in [0.29, 0.717) is 6.54 Å². The summed E-state index contributed by atoms with van der Waals surface area (Å²) in [5, 5.41) is 0. The van der Waals surface area contributed by atoms with E-state index in [-0.39, 0.29) is 6.10 Å². The third-order valence-corrected chi connectivity index (χ3v) is 2.55. The van der Waals surface area contributed by atoms with Crippen molar-refractivity contribution in [3.8, 4) is 5.75 Å². The lowest BCUT2D eigenvalue weighted by molar-refractivity contribution is 0.189. The van der Waals surface area contributed by atoms with Gasteiger partial charge in [0.25, 0.3) is 0 Å². The number of hydrogen-bond donors (Lipinski definition) is 1. The number of benzene rings is 1. The average molecular weight is 207 g/mol. The summed E-state index contributed by atoms with van der Waals surface area (Å²) in [6, 6.07) is 8.29. The van der Waals surface area contributed by atoms with Crippen molar-refractivity contribution in [2.24, 2.45) is 5.73 Å². The first kappa shape index (κ1) is 12.1. The lowest BCUT2D eigenvalue weighted by Crippen LogP contribution is -2.19. The molecule has 1 aromatic rings. The molecule has 0 aliphatic heterocycles. The molecule has 15 heavy (non-hydrogen) atoms. The fraction of sp³-hybridized carbons (Fsp3) is 0.538. The Kier molecular flexibility index (Phi) is 5.19. The molecule has 1 atom stereocenters. The molecule has 84 valence electrons. The summed E-state index contributed by atoms with van der Waals surface area (Å²) in [7, 11) is 0. The van der Waals surface area contributed by atoms with Gasteiger partial charge in [0.1, 0.15) is 5.75 Å². The van der Waals surface area contributed by atoms with Gasteiger partial charge in [0.05, 0.1) is 6.10 Å². The van der Waals surface area contributed by atoms with Crippen LogP contribution in [-0.4, -0.2) is 12.6 Å². The van der Waals surface area contributed by atoms with E-state index in [2.05, 4.69) is 26.0 Å². The summed E-state index contributed by atoms with van der Waals surface area (Å²) >= 11 is 0.